The van der Waals surface area contributed by atoms with E-state index in [0.29, 0.717) is 10.6 Å². The van der Waals surface area contributed by atoms with E-state index in [0.717, 1.165) is 7.05 Å². The summed E-state index contributed by atoms with van der Waals surface area (Å²) in [7, 11) is 2.41. The molecule has 3 nitrogen and oxygen atoms in total. The van der Waals surface area contributed by atoms with Gasteiger partial charge < -0.3 is 9.64 Å². The summed E-state index contributed by atoms with van der Waals surface area (Å²) < 4.78 is 54.6. The summed E-state index contributed by atoms with van der Waals surface area (Å²) in [5.74, 6) is -6.20. The van der Waals surface area contributed by atoms with Gasteiger partial charge in [0.15, 0.2) is 0 Å². The molecule has 0 unspecified atom stereocenters. The van der Waals surface area contributed by atoms with E-state index < -0.39 is 18.3 Å². The predicted molar refractivity (Wildman–Crippen MR) is 57.4 cm³/mol. The van der Waals surface area contributed by atoms with Crippen LogP contribution in [0.1, 0.15) is 0 Å². The molecule has 1 rings (SSSR count). The van der Waals surface area contributed by atoms with Crippen LogP contribution < -0.4 is 9.64 Å². The summed E-state index contributed by atoms with van der Waals surface area (Å²) in [5, 5.41) is 0. The molecular weight excluding hydrogens is 254 g/mol. The number of carbonyl (C=O) groups is 1. The first-order chi connectivity index (χ1) is 8.30. The number of nitrogens with zero attached hydrogens (tertiary/aromatic N) is 1. The van der Waals surface area contributed by atoms with Crippen LogP contribution in [0.15, 0.2) is 24.3 Å². The van der Waals surface area contributed by atoms with Crippen LogP contribution in [-0.2, 0) is 4.79 Å². The van der Waals surface area contributed by atoms with Gasteiger partial charge in [0.1, 0.15) is 5.75 Å². The highest BCUT2D eigenvalue weighted by Crippen LogP contribution is 2.28. The van der Waals surface area contributed by atoms with E-state index in [9.17, 15) is 22.4 Å². The SMILES string of the molecule is COc1ccc(N(C)C(=O)C(F)(F)C(F)F)cc1. The molecule has 0 aliphatic heterocycles. The third-order valence-electron chi connectivity index (χ3n) is 2.32. The van der Waals surface area contributed by atoms with E-state index in [1.807, 2.05) is 0 Å². The Bertz CT molecular complexity index is 420. The molecule has 1 aromatic carbocycles. The van der Waals surface area contributed by atoms with Crippen LogP contribution in [0.4, 0.5) is 23.2 Å². The van der Waals surface area contributed by atoms with Gasteiger partial charge >= 0.3 is 18.3 Å². The fourth-order valence-electron chi connectivity index (χ4n) is 1.24. The van der Waals surface area contributed by atoms with Crippen LogP contribution in [-0.4, -0.2) is 32.4 Å². The van der Waals surface area contributed by atoms with Crippen LogP contribution in [0.2, 0.25) is 0 Å². The summed E-state index contributed by atoms with van der Waals surface area (Å²) in [4.78, 5) is 11.7. The number of anilines is 1. The third-order valence-corrected chi connectivity index (χ3v) is 2.32. The van der Waals surface area contributed by atoms with Crippen LogP contribution in [0, 0.1) is 0 Å². The van der Waals surface area contributed by atoms with Crippen molar-refractivity contribution in [3.63, 3.8) is 0 Å². The summed E-state index contributed by atoms with van der Waals surface area (Å²) in [6.45, 7) is 0. The average molecular weight is 265 g/mol. The molecule has 0 saturated carbocycles. The molecule has 0 atom stereocenters. The summed E-state index contributed by atoms with van der Waals surface area (Å²) in [6, 6.07) is 5.50. The summed E-state index contributed by atoms with van der Waals surface area (Å²) >= 11 is 0. The Hall–Kier alpha value is -1.79. The van der Waals surface area contributed by atoms with Gasteiger partial charge in [0, 0.05) is 12.7 Å². The van der Waals surface area contributed by atoms with Crippen LogP contribution in [0.25, 0.3) is 0 Å². The highest BCUT2D eigenvalue weighted by molar-refractivity contribution is 5.98. The number of rotatable bonds is 4. The minimum absolute atomic E-state index is 0.0705. The van der Waals surface area contributed by atoms with Crippen molar-refractivity contribution < 1.29 is 27.1 Å². The van der Waals surface area contributed by atoms with E-state index >= 15 is 0 Å². The average Bonchev–Trinajstić information content (AvgIpc) is 2.36. The Balaban J connectivity index is 2.92. The highest BCUT2D eigenvalue weighted by Gasteiger charge is 2.50. The van der Waals surface area contributed by atoms with Gasteiger partial charge in [-0.25, -0.2) is 8.78 Å². The van der Waals surface area contributed by atoms with E-state index in [2.05, 4.69) is 0 Å². The molecule has 0 saturated heterocycles. The number of hydrogen-bond donors (Lipinski definition) is 0. The lowest BCUT2D eigenvalue weighted by Crippen LogP contribution is -2.46. The van der Waals surface area contributed by atoms with E-state index in [4.69, 9.17) is 4.74 Å². The van der Waals surface area contributed by atoms with Crippen molar-refractivity contribution in [3.05, 3.63) is 24.3 Å². The zero-order valence-electron chi connectivity index (χ0n) is 9.66. The van der Waals surface area contributed by atoms with Crippen molar-refractivity contribution in [1.29, 1.82) is 0 Å². The van der Waals surface area contributed by atoms with Gasteiger partial charge in [0.2, 0.25) is 0 Å². The minimum Gasteiger partial charge on any atom is -0.497 e. The Morgan fingerprint density at radius 2 is 1.78 bits per heavy atom. The van der Waals surface area contributed by atoms with Gasteiger partial charge in [-0.05, 0) is 24.3 Å². The van der Waals surface area contributed by atoms with Crippen molar-refractivity contribution in [2.24, 2.45) is 0 Å². The van der Waals surface area contributed by atoms with Gasteiger partial charge in [0.25, 0.3) is 0 Å². The molecule has 0 aromatic heterocycles. The van der Waals surface area contributed by atoms with E-state index in [1.165, 1.54) is 31.4 Å². The summed E-state index contributed by atoms with van der Waals surface area (Å²) in [5.41, 5.74) is 0.0705. The monoisotopic (exact) mass is 265 g/mol. The molecule has 0 spiro atoms. The largest absolute Gasteiger partial charge is 0.497 e. The first kappa shape index (κ1) is 14.3. The first-order valence-electron chi connectivity index (χ1n) is 4.89. The third kappa shape index (κ3) is 2.72. The number of halogens is 4. The van der Waals surface area contributed by atoms with Crippen LogP contribution >= 0.6 is 0 Å². The number of methoxy groups -OCH3 is 1. The Kier molecular flexibility index (Phi) is 4.15. The van der Waals surface area contributed by atoms with Gasteiger partial charge in [-0.2, -0.15) is 8.78 Å². The maximum Gasteiger partial charge on any atom is 0.384 e. The number of ether oxygens (including phenoxy) is 1. The van der Waals surface area contributed by atoms with Gasteiger partial charge in [0.05, 0.1) is 7.11 Å². The van der Waals surface area contributed by atoms with Gasteiger partial charge in [-0.1, -0.05) is 0 Å². The number of carbonyl (C=O) groups excluding carboxylic acids is 1. The normalized spacial score (nSPS) is 11.5. The van der Waals surface area contributed by atoms with Crippen LogP contribution in [0.3, 0.4) is 0 Å². The van der Waals surface area contributed by atoms with Crippen LogP contribution in [0.5, 0.6) is 5.75 Å². The van der Waals surface area contributed by atoms with E-state index in [1.54, 1.807) is 0 Å². The van der Waals surface area contributed by atoms with Crippen molar-refractivity contribution >= 4 is 11.6 Å². The Morgan fingerprint density at radius 3 is 2.17 bits per heavy atom. The van der Waals surface area contributed by atoms with Crippen molar-refractivity contribution in [3.8, 4) is 5.75 Å². The minimum atomic E-state index is -4.70. The quantitative estimate of drug-likeness (QED) is 0.783. The molecule has 100 valence electrons. The molecule has 18 heavy (non-hydrogen) atoms. The van der Waals surface area contributed by atoms with Gasteiger partial charge in [-0.3, -0.25) is 4.79 Å². The lowest BCUT2D eigenvalue weighted by molar-refractivity contribution is -0.166. The smallest absolute Gasteiger partial charge is 0.384 e. The van der Waals surface area contributed by atoms with Gasteiger partial charge in [-0.15, -0.1) is 0 Å². The summed E-state index contributed by atoms with van der Waals surface area (Å²) in [6.07, 6.45) is -4.04. The lowest BCUT2D eigenvalue weighted by Gasteiger charge is -2.22. The van der Waals surface area contributed by atoms with Crippen molar-refractivity contribution in [2.75, 3.05) is 19.1 Å². The molecule has 0 radical (unpaired) electrons. The molecule has 0 fully saturated rings. The second-order valence-electron chi connectivity index (χ2n) is 3.49. The molecule has 0 N–H and O–H groups in total. The molecule has 0 bridgehead atoms. The zero-order chi connectivity index (χ0) is 13.9. The second-order valence-corrected chi connectivity index (χ2v) is 3.49. The topological polar surface area (TPSA) is 29.5 Å². The number of alkyl halides is 4. The standard InChI is InChI=1S/C11H11F4NO2/c1-16(10(17)11(14,15)9(12)13)7-3-5-8(18-2)6-4-7/h3-6,9H,1-2H3. The number of hydrogen-bond acceptors (Lipinski definition) is 2. The molecular formula is C11H11F4NO2. The molecule has 0 heterocycles. The maximum atomic E-state index is 12.9. The highest BCUT2D eigenvalue weighted by atomic mass is 19.3. The molecule has 1 aromatic rings. The molecule has 0 aliphatic carbocycles. The first-order valence-corrected chi connectivity index (χ1v) is 4.89. The maximum absolute atomic E-state index is 12.9. The molecule has 7 heteroatoms. The van der Waals surface area contributed by atoms with Crippen molar-refractivity contribution in [2.45, 2.75) is 12.3 Å². The predicted octanol–water partition coefficient (Wildman–Crippen LogP) is 2.56. The zero-order valence-corrected chi connectivity index (χ0v) is 9.66. The van der Waals surface area contributed by atoms with E-state index in [-0.39, 0.29) is 5.69 Å². The number of benzene rings is 1. The fraction of sp³-hybridized carbons (Fsp3) is 0.364. The Morgan fingerprint density at radius 1 is 1.28 bits per heavy atom. The second kappa shape index (κ2) is 5.24. The fourth-order valence-corrected chi connectivity index (χ4v) is 1.24. The molecule has 1 amide bonds. The van der Waals surface area contributed by atoms with Crippen molar-refractivity contribution in [1.82, 2.24) is 0 Å². The number of amides is 1. The molecule has 0 aliphatic rings. The lowest BCUT2D eigenvalue weighted by atomic mass is 10.2. The Labute approximate surface area is 101 Å².